The van der Waals surface area contributed by atoms with E-state index < -0.39 is 11.9 Å². The van der Waals surface area contributed by atoms with Crippen LogP contribution in [0.15, 0.2) is 24.3 Å². The molecule has 8 nitrogen and oxygen atoms in total. The molecule has 0 radical (unpaired) electrons. The Kier molecular flexibility index (Phi) is 7.55. The van der Waals surface area contributed by atoms with Crippen molar-refractivity contribution in [3.8, 4) is 0 Å². The minimum absolute atomic E-state index is 0.558. The number of nitrogens with one attached hydrogen (secondary N) is 1. The van der Waals surface area contributed by atoms with Crippen LogP contribution in [-0.4, -0.2) is 58.5 Å². The van der Waals surface area contributed by atoms with Gasteiger partial charge in [0.25, 0.3) is 0 Å². The van der Waals surface area contributed by atoms with Crippen molar-refractivity contribution < 1.29 is 19.8 Å². The average Bonchev–Trinajstić information content (AvgIpc) is 2.76. The first-order valence-corrected chi connectivity index (χ1v) is 6.89. The first kappa shape index (κ1) is 17.6. The molecular weight excluding hydrogens is 288 g/mol. The third kappa shape index (κ3) is 7.34. The maximum absolute atomic E-state index is 9.55. The Labute approximate surface area is 128 Å². The van der Waals surface area contributed by atoms with Crippen molar-refractivity contribution in [2.75, 3.05) is 31.1 Å². The van der Waals surface area contributed by atoms with E-state index in [1.165, 1.54) is 6.42 Å². The van der Waals surface area contributed by atoms with Crippen LogP contribution >= 0.6 is 0 Å². The fourth-order valence-electron chi connectivity index (χ4n) is 1.78. The predicted molar refractivity (Wildman–Crippen MR) is 80.9 cm³/mol. The summed E-state index contributed by atoms with van der Waals surface area (Å²) < 4.78 is 0. The van der Waals surface area contributed by atoms with Gasteiger partial charge in [0.05, 0.1) is 5.69 Å². The van der Waals surface area contributed by atoms with Gasteiger partial charge in [-0.3, -0.25) is 0 Å². The van der Waals surface area contributed by atoms with E-state index >= 15 is 0 Å². The van der Waals surface area contributed by atoms with Gasteiger partial charge in [-0.05, 0) is 32.0 Å². The van der Waals surface area contributed by atoms with Crippen LogP contribution < -0.4 is 10.2 Å². The molecular formula is C14H20N4O4. The van der Waals surface area contributed by atoms with Crippen molar-refractivity contribution in [3.05, 3.63) is 30.0 Å². The SMILES string of the molecule is Cc1ccc(N2CCCNCC2)nn1.O=C(O)/C=C/C(=O)O. The van der Waals surface area contributed by atoms with E-state index in [-0.39, 0.29) is 0 Å². The first-order chi connectivity index (χ1) is 10.5. The molecule has 1 saturated heterocycles. The van der Waals surface area contributed by atoms with Gasteiger partial charge < -0.3 is 20.4 Å². The molecule has 0 bridgehead atoms. The lowest BCUT2D eigenvalue weighted by atomic mass is 10.3. The highest BCUT2D eigenvalue weighted by atomic mass is 16.4. The Morgan fingerprint density at radius 2 is 1.82 bits per heavy atom. The van der Waals surface area contributed by atoms with Gasteiger partial charge in [0.15, 0.2) is 5.82 Å². The molecule has 3 N–H and O–H groups in total. The third-order valence-electron chi connectivity index (χ3n) is 2.82. The number of aromatic nitrogens is 2. The van der Waals surface area contributed by atoms with Crippen molar-refractivity contribution >= 4 is 17.8 Å². The van der Waals surface area contributed by atoms with Crippen LogP contribution in [0.2, 0.25) is 0 Å². The molecule has 1 aromatic heterocycles. The largest absolute Gasteiger partial charge is 0.478 e. The second-order valence-corrected chi connectivity index (χ2v) is 4.63. The van der Waals surface area contributed by atoms with Gasteiger partial charge in [-0.25, -0.2) is 9.59 Å². The van der Waals surface area contributed by atoms with Gasteiger partial charge in [0.1, 0.15) is 0 Å². The Hall–Kier alpha value is -2.48. The molecule has 0 unspecified atom stereocenters. The Bertz CT molecular complexity index is 492. The second kappa shape index (κ2) is 9.46. The number of hydrogen-bond acceptors (Lipinski definition) is 6. The zero-order valence-electron chi connectivity index (χ0n) is 12.4. The molecule has 120 valence electrons. The minimum atomic E-state index is -1.26. The number of carbonyl (C=O) groups is 2. The summed E-state index contributed by atoms with van der Waals surface area (Å²) in [5, 5.41) is 27.3. The lowest BCUT2D eigenvalue weighted by Gasteiger charge is -2.19. The van der Waals surface area contributed by atoms with Gasteiger partial charge in [0, 0.05) is 31.8 Å². The molecule has 0 saturated carbocycles. The summed E-state index contributed by atoms with van der Waals surface area (Å²) in [6.07, 6.45) is 2.29. The predicted octanol–water partition coefficient (Wildman–Crippen LogP) is 0.297. The maximum Gasteiger partial charge on any atom is 0.328 e. The second-order valence-electron chi connectivity index (χ2n) is 4.63. The highest BCUT2D eigenvalue weighted by Gasteiger charge is 2.10. The van der Waals surface area contributed by atoms with Crippen LogP contribution in [0.25, 0.3) is 0 Å². The smallest absolute Gasteiger partial charge is 0.328 e. The molecule has 0 aromatic carbocycles. The van der Waals surface area contributed by atoms with Crippen molar-refractivity contribution in [1.29, 1.82) is 0 Å². The number of carboxylic acid groups (broad SMARTS) is 2. The molecule has 1 aliphatic rings. The van der Waals surface area contributed by atoms with E-state index in [2.05, 4.69) is 20.4 Å². The quantitative estimate of drug-likeness (QED) is 0.683. The minimum Gasteiger partial charge on any atom is -0.478 e. The van der Waals surface area contributed by atoms with Crippen LogP contribution in [0.3, 0.4) is 0 Å². The van der Waals surface area contributed by atoms with Gasteiger partial charge in [-0.1, -0.05) is 0 Å². The fraction of sp³-hybridized carbons (Fsp3) is 0.429. The topological polar surface area (TPSA) is 116 Å². The van der Waals surface area contributed by atoms with E-state index in [4.69, 9.17) is 10.2 Å². The molecule has 8 heteroatoms. The highest BCUT2D eigenvalue weighted by molar-refractivity contribution is 5.89. The third-order valence-corrected chi connectivity index (χ3v) is 2.82. The average molecular weight is 308 g/mol. The Balaban J connectivity index is 0.000000261. The van der Waals surface area contributed by atoms with Crippen LogP contribution in [0, 0.1) is 6.92 Å². The number of aryl methyl sites for hydroxylation is 1. The van der Waals surface area contributed by atoms with Gasteiger partial charge in [-0.15, -0.1) is 5.10 Å². The Morgan fingerprint density at radius 1 is 1.14 bits per heavy atom. The first-order valence-electron chi connectivity index (χ1n) is 6.89. The van der Waals surface area contributed by atoms with E-state index in [1.807, 2.05) is 19.1 Å². The van der Waals surface area contributed by atoms with Crippen molar-refractivity contribution in [3.63, 3.8) is 0 Å². The monoisotopic (exact) mass is 308 g/mol. The van der Waals surface area contributed by atoms with E-state index in [1.54, 1.807) is 0 Å². The molecule has 1 aromatic rings. The number of nitrogens with zero attached hydrogens (tertiary/aromatic N) is 3. The van der Waals surface area contributed by atoms with E-state index in [0.717, 1.165) is 37.7 Å². The number of carboxylic acids is 2. The molecule has 0 aliphatic carbocycles. The number of rotatable bonds is 3. The van der Waals surface area contributed by atoms with Crippen LogP contribution in [0.1, 0.15) is 12.1 Å². The zero-order chi connectivity index (χ0) is 16.4. The number of anilines is 1. The molecule has 2 rings (SSSR count). The normalized spacial score (nSPS) is 14.9. The molecule has 0 atom stereocenters. The summed E-state index contributed by atoms with van der Waals surface area (Å²) in [4.78, 5) is 21.4. The zero-order valence-corrected chi connectivity index (χ0v) is 12.4. The number of hydrogen-bond donors (Lipinski definition) is 3. The van der Waals surface area contributed by atoms with Gasteiger partial charge in [0.2, 0.25) is 0 Å². The van der Waals surface area contributed by atoms with Crippen molar-refractivity contribution in [1.82, 2.24) is 15.5 Å². The van der Waals surface area contributed by atoms with Crippen LogP contribution in [-0.2, 0) is 9.59 Å². The van der Waals surface area contributed by atoms with Gasteiger partial charge >= 0.3 is 11.9 Å². The molecule has 22 heavy (non-hydrogen) atoms. The van der Waals surface area contributed by atoms with E-state index in [0.29, 0.717) is 12.2 Å². The maximum atomic E-state index is 9.55. The van der Waals surface area contributed by atoms with E-state index in [9.17, 15) is 9.59 Å². The lowest BCUT2D eigenvalue weighted by Crippen LogP contribution is -2.28. The summed E-state index contributed by atoms with van der Waals surface area (Å²) in [6, 6.07) is 4.06. The Morgan fingerprint density at radius 3 is 2.36 bits per heavy atom. The summed E-state index contributed by atoms with van der Waals surface area (Å²) >= 11 is 0. The molecule has 1 aliphatic heterocycles. The molecule has 0 spiro atoms. The fourth-order valence-corrected chi connectivity index (χ4v) is 1.78. The lowest BCUT2D eigenvalue weighted by molar-refractivity contribution is -0.134. The van der Waals surface area contributed by atoms with Crippen LogP contribution in [0.5, 0.6) is 0 Å². The molecule has 2 heterocycles. The summed E-state index contributed by atoms with van der Waals surface area (Å²) in [7, 11) is 0. The van der Waals surface area contributed by atoms with Gasteiger partial charge in [-0.2, -0.15) is 5.10 Å². The van der Waals surface area contributed by atoms with Crippen molar-refractivity contribution in [2.24, 2.45) is 0 Å². The van der Waals surface area contributed by atoms with Crippen LogP contribution in [0.4, 0.5) is 5.82 Å². The summed E-state index contributed by atoms with van der Waals surface area (Å²) in [6.45, 7) is 6.20. The highest BCUT2D eigenvalue weighted by Crippen LogP contribution is 2.10. The van der Waals surface area contributed by atoms with Crippen molar-refractivity contribution in [2.45, 2.75) is 13.3 Å². The summed E-state index contributed by atoms with van der Waals surface area (Å²) in [5.74, 6) is -1.51. The molecule has 0 amide bonds. The standard InChI is InChI=1S/C10H16N4.C4H4O4/c1-9-3-4-10(13-12-9)14-7-2-5-11-6-8-14;5-3(6)1-2-4(7)8/h3-4,11H,2,5-8H2,1H3;1-2H,(H,5,6)(H,7,8)/b;2-1+. The number of aliphatic carboxylic acids is 2. The molecule has 1 fully saturated rings. The summed E-state index contributed by atoms with van der Waals surface area (Å²) in [5.41, 5.74) is 0.974.